The van der Waals surface area contributed by atoms with Crippen molar-refractivity contribution in [2.45, 2.75) is 4.90 Å². The second-order valence-corrected chi connectivity index (χ2v) is 9.30. The van der Waals surface area contributed by atoms with E-state index in [4.69, 9.17) is 10.5 Å². The molecule has 2 aliphatic heterocycles. The van der Waals surface area contributed by atoms with Crippen LogP contribution in [0.4, 0.5) is 5.82 Å². The molecule has 9 heteroatoms. The van der Waals surface area contributed by atoms with E-state index in [0.29, 0.717) is 5.56 Å². The van der Waals surface area contributed by atoms with Crippen LogP contribution in [0.3, 0.4) is 0 Å². The second kappa shape index (κ2) is 9.96. The van der Waals surface area contributed by atoms with Gasteiger partial charge in [0.2, 0.25) is 0 Å². The summed E-state index contributed by atoms with van der Waals surface area (Å²) in [6.07, 6.45) is 1.80. The van der Waals surface area contributed by atoms with Crippen LogP contribution in [-0.4, -0.2) is 72.7 Å². The van der Waals surface area contributed by atoms with Crippen molar-refractivity contribution in [3.63, 3.8) is 0 Å². The van der Waals surface area contributed by atoms with Crippen molar-refractivity contribution in [2.24, 2.45) is 5.73 Å². The van der Waals surface area contributed by atoms with Crippen molar-refractivity contribution >= 4 is 23.7 Å². The van der Waals surface area contributed by atoms with E-state index in [1.54, 1.807) is 18.1 Å². The maximum absolute atomic E-state index is 12.1. The van der Waals surface area contributed by atoms with Gasteiger partial charge in [0.05, 0.1) is 24.5 Å². The molecule has 0 aliphatic carbocycles. The Bertz CT molecular complexity index is 1100. The maximum Gasteiger partial charge on any atom is 0.252 e. The Morgan fingerprint density at radius 1 is 1.00 bits per heavy atom. The van der Waals surface area contributed by atoms with Crippen LogP contribution < -0.4 is 16.0 Å². The first-order valence-corrected chi connectivity index (χ1v) is 12.0. The van der Waals surface area contributed by atoms with Crippen molar-refractivity contribution < 1.29 is 9.53 Å². The van der Waals surface area contributed by atoms with E-state index in [-0.39, 0.29) is 0 Å². The first-order chi connectivity index (χ1) is 16.2. The fourth-order valence-corrected chi connectivity index (χ4v) is 5.04. The molecular formula is C24H28N6O2S. The van der Waals surface area contributed by atoms with Crippen molar-refractivity contribution in [1.82, 2.24) is 19.6 Å². The largest absolute Gasteiger partial charge is 0.379 e. The number of rotatable bonds is 6. The summed E-state index contributed by atoms with van der Waals surface area (Å²) in [5.74, 6) is 0.371. The smallest absolute Gasteiger partial charge is 0.252 e. The van der Waals surface area contributed by atoms with Crippen LogP contribution in [0.5, 0.6) is 0 Å². The minimum Gasteiger partial charge on any atom is -0.379 e. The third-order valence-corrected chi connectivity index (χ3v) is 7.03. The van der Waals surface area contributed by atoms with E-state index in [1.807, 2.05) is 18.2 Å². The number of aromatic amines is 1. The minimum absolute atomic E-state index is 0.423. The fourth-order valence-electron chi connectivity index (χ4n) is 4.15. The number of benzene rings is 1. The fraction of sp³-hybridized carbons (Fsp3) is 0.333. The Labute approximate surface area is 197 Å². The Hall–Kier alpha value is -2.85. The number of primary amides is 1. The van der Waals surface area contributed by atoms with Gasteiger partial charge in [-0.15, -0.1) is 0 Å². The summed E-state index contributed by atoms with van der Waals surface area (Å²) in [5.41, 5.74) is 9.97. The Balaban J connectivity index is 1.37. The summed E-state index contributed by atoms with van der Waals surface area (Å²) >= 11 is 1.76. The molecule has 0 unspecified atom stereocenters. The molecule has 2 saturated heterocycles. The molecule has 4 N–H and O–H groups in total. The van der Waals surface area contributed by atoms with E-state index in [0.717, 1.165) is 80.8 Å². The molecule has 1 amide bonds. The lowest BCUT2D eigenvalue weighted by molar-refractivity contribution is 0.0773. The standard InChI is InChI=1S/C24H28N6O2S/c25-23(31)20-16-22(28-24(20)29-9-7-26-8-10-29)18-5-6-27-21(15-18)17-1-3-19(4-2-17)33-30-11-13-32-14-12-30/h1-6,15-16,26,28H,7-14H2,(H2,25,31). The van der Waals surface area contributed by atoms with Crippen LogP contribution in [0, 0.1) is 0 Å². The van der Waals surface area contributed by atoms with Gasteiger partial charge in [-0.3, -0.25) is 9.78 Å². The first kappa shape index (κ1) is 22.0. The Morgan fingerprint density at radius 2 is 1.76 bits per heavy atom. The predicted molar refractivity (Wildman–Crippen MR) is 131 cm³/mol. The molecule has 172 valence electrons. The molecule has 0 bridgehead atoms. The quantitative estimate of drug-likeness (QED) is 0.482. The molecule has 33 heavy (non-hydrogen) atoms. The van der Waals surface area contributed by atoms with E-state index < -0.39 is 5.91 Å². The topological polar surface area (TPSA) is 99.5 Å². The number of piperazine rings is 1. The van der Waals surface area contributed by atoms with Gasteiger partial charge in [-0.25, -0.2) is 4.31 Å². The molecule has 5 rings (SSSR count). The van der Waals surface area contributed by atoms with Crippen LogP contribution in [-0.2, 0) is 4.74 Å². The van der Waals surface area contributed by atoms with Crippen LogP contribution in [0.25, 0.3) is 22.5 Å². The normalized spacial score (nSPS) is 17.3. The number of carbonyl (C=O) groups is 1. The molecule has 2 aromatic heterocycles. The maximum atomic E-state index is 12.1. The first-order valence-electron chi connectivity index (χ1n) is 11.2. The van der Waals surface area contributed by atoms with Crippen LogP contribution >= 0.6 is 11.9 Å². The highest BCUT2D eigenvalue weighted by Crippen LogP contribution is 2.31. The third-order valence-electron chi connectivity index (χ3n) is 5.92. The highest BCUT2D eigenvalue weighted by atomic mass is 32.2. The number of H-pyrrole nitrogens is 1. The molecule has 8 nitrogen and oxygen atoms in total. The van der Waals surface area contributed by atoms with Gasteiger partial charge in [0.25, 0.3) is 5.91 Å². The lowest BCUT2D eigenvalue weighted by Crippen LogP contribution is -2.44. The molecule has 0 spiro atoms. The summed E-state index contributed by atoms with van der Waals surface area (Å²) in [7, 11) is 0. The van der Waals surface area contributed by atoms with Gasteiger partial charge in [0.1, 0.15) is 5.82 Å². The van der Waals surface area contributed by atoms with E-state index >= 15 is 0 Å². The molecular weight excluding hydrogens is 436 g/mol. The van der Waals surface area contributed by atoms with E-state index in [2.05, 4.69) is 48.8 Å². The number of nitrogens with two attached hydrogens (primary N) is 1. The number of ether oxygens (including phenoxy) is 1. The molecule has 0 atom stereocenters. The Morgan fingerprint density at radius 3 is 2.48 bits per heavy atom. The lowest BCUT2D eigenvalue weighted by Gasteiger charge is -2.28. The van der Waals surface area contributed by atoms with Crippen molar-refractivity contribution in [2.75, 3.05) is 57.4 Å². The van der Waals surface area contributed by atoms with Crippen molar-refractivity contribution in [3.8, 4) is 22.5 Å². The zero-order valence-corrected chi connectivity index (χ0v) is 19.2. The van der Waals surface area contributed by atoms with Gasteiger partial charge in [0.15, 0.2) is 0 Å². The molecule has 3 aromatic rings. The highest BCUT2D eigenvalue weighted by Gasteiger charge is 2.21. The third kappa shape index (κ3) is 5.06. The van der Waals surface area contributed by atoms with Crippen molar-refractivity contribution in [3.05, 3.63) is 54.2 Å². The van der Waals surface area contributed by atoms with Gasteiger partial charge in [-0.05, 0) is 42.3 Å². The van der Waals surface area contributed by atoms with Gasteiger partial charge >= 0.3 is 0 Å². The minimum atomic E-state index is -0.423. The molecule has 1 aromatic carbocycles. The number of hydrogen-bond donors (Lipinski definition) is 3. The van der Waals surface area contributed by atoms with E-state index in [1.165, 1.54) is 4.90 Å². The van der Waals surface area contributed by atoms with E-state index in [9.17, 15) is 4.79 Å². The number of hydrogen-bond acceptors (Lipinski definition) is 7. The highest BCUT2D eigenvalue weighted by molar-refractivity contribution is 7.97. The zero-order chi connectivity index (χ0) is 22.6. The second-order valence-electron chi connectivity index (χ2n) is 8.13. The molecule has 2 aliphatic rings. The van der Waals surface area contributed by atoms with Gasteiger partial charge in [0, 0.05) is 67.2 Å². The Kier molecular flexibility index (Phi) is 6.63. The van der Waals surface area contributed by atoms with Gasteiger partial charge in [-0.2, -0.15) is 0 Å². The summed E-state index contributed by atoms with van der Waals surface area (Å²) in [6, 6.07) is 14.3. The molecule has 0 saturated carbocycles. The number of morpholine rings is 1. The average Bonchev–Trinajstić information content (AvgIpc) is 3.32. The molecule has 2 fully saturated rings. The summed E-state index contributed by atoms with van der Waals surface area (Å²) in [4.78, 5) is 23.5. The number of anilines is 1. The average molecular weight is 465 g/mol. The number of amides is 1. The van der Waals surface area contributed by atoms with Gasteiger partial charge < -0.3 is 25.7 Å². The van der Waals surface area contributed by atoms with Crippen molar-refractivity contribution in [1.29, 1.82) is 0 Å². The van der Waals surface area contributed by atoms with Gasteiger partial charge in [-0.1, -0.05) is 12.1 Å². The SMILES string of the molecule is NC(=O)c1cc(-c2ccnc(-c3ccc(SN4CCOCC4)cc3)c2)[nH]c1N1CCNCC1. The van der Waals surface area contributed by atoms with Crippen LogP contribution in [0.15, 0.2) is 53.6 Å². The monoisotopic (exact) mass is 464 g/mol. The van der Waals surface area contributed by atoms with Crippen LogP contribution in [0.2, 0.25) is 0 Å². The van der Waals surface area contributed by atoms with Crippen LogP contribution in [0.1, 0.15) is 10.4 Å². The summed E-state index contributed by atoms with van der Waals surface area (Å²) < 4.78 is 7.75. The number of nitrogens with one attached hydrogen (secondary N) is 2. The molecule has 0 radical (unpaired) electrons. The number of pyridine rings is 1. The zero-order valence-electron chi connectivity index (χ0n) is 18.4. The predicted octanol–water partition coefficient (Wildman–Crippen LogP) is 2.59. The molecule has 4 heterocycles. The lowest BCUT2D eigenvalue weighted by atomic mass is 10.1. The number of aromatic nitrogens is 2. The number of carbonyl (C=O) groups excluding carboxylic acids is 1. The summed E-state index contributed by atoms with van der Waals surface area (Å²) in [5, 5.41) is 3.33. The number of nitrogens with zero attached hydrogens (tertiary/aromatic N) is 3. The summed E-state index contributed by atoms with van der Waals surface area (Å²) in [6.45, 7) is 6.87.